The Kier molecular flexibility index (Phi) is 11.1. The molecule has 10 atom stereocenters. The van der Waals surface area contributed by atoms with Crippen molar-refractivity contribution < 1.29 is 89.1 Å². The predicted octanol–water partition coefficient (Wildman–Crippen LogP) is -0.0116. The lowest BCUT2D eigenvalue weighted by molar-refractivity contribution is -0.355. The monoisotopic (exact) mass is 772 g/mol. The number of ether oxygens (including phenoxy) is 5. The van der Waals surface area contributed by atoms with Crippen LogP contribution in [0.3, 0.4) is 0 Å². The Morgan fingerprint density at radius 1 is 0.745 bits per heavy atom. The summed E-state index contributed by atoms with van der Waals surface area (Å²) in [5.74, 6) is -5.28. The summed E-state index contributed by atoms with van der Waals surface area (Å²) in [7, 11) is 0. The number of carbonyl (C=O) groups is 1. The summed E-state index contributed by atoms with van der Waals surface area (Å²) >= 11 is 0. The third-order valence-corrected chi connectivity index (χ3v) is 8.93. The van der Waals surface area contributed by atoms with Crippen molar-refractivity contribution in [3.8, 4) is 51.6 Å². The topological polar surface area (TPSA) is 316 Å². The minimum absolute atomic E-state index is 0.0642. The Bertz CT molecular complexity index is 2150. The molecule has 0 spiro atoms. The molecule has 10 unspecified atom stereocenters. The first kappa shape index (κ1) is 39.1. The molecule has 1 aromatic heterocycles. The van der Waals surface area contributed by atoms with E-state index in [1.807, 2.05) is 0 Å². The lowest BCUT2D eigenvalue weighted by atomic mass is 9.97. The molecule has 3 heterocycles. The second-order valence-corrected chi connectivity index (χ2v) is 12.8. The lowest BCUT2D eigenvalue weighted by Crippen LogP contribution is -2.64. The van der Waals surface area contributed by atoms with Crippen LogP contribution in [0.4, 0.5) is 0 Å². The maximum absolute atomic E-state index is 13.9. The van der Waals surface area contributed by atoms with Crippen LogP contribution in [-0.4, -0.2) is 130 Å². The number of hydrogen-bond donors (Lipinski definition) is 11. The number of phenols is 6. The van der Waals surface area contributed by atoms with Crippen LogP contribution in [-0.2, 0) is 23.7 Å². The van der Waals surface area contributed by atoms with E-state index in [2.05, 4.69) is 0 Å². The fraction of sp³-hybridized carbons (Fsp3) is 0.333. The fourth-order valence-electron chi connectivity index (χ4n) is 5.93. The number of hydrogen-bond acceptors (Lipinski definition) is 19. The van der Waals surface area contributed by atoms with Crippen LogP contribution in [0.25, 0.3) is 28.4 Å². The smallest absolute Gasteiger partial charge is 0.330 e. The van der Waals surface area contributed by atoms with Gasteiger partial charge in [0.25, 0.3) is 0 Å². The highest BCUT2D eigenvalue weighted by Gasteiger charge is 2.51. The van der Waals surface area contributed by atoms with Crippen molar-refractivity contribution in [2.75, 3.05) is 6.61 Å². The van der Waals surface area contributed by atoms with E-state index in [9.17, 15) is 65.8 Å². The largest absolute Gasteiger partial charge is 0.508 e. The first-order valence-electron chi connectivity index (χ1n) is 16.5. The van der Waals surface area contributed by atoms with E-state index >= 15 is 0 Å². The normalized spacial score (nSPS) is 28.3. The second kappa shape index (κ2) is 15.6. The van der Waals surface area contributed by atoms with E-state index < -0.39 is 125 Å². The first-order valence-corrected chi connectivity index (χ1v) is 16.5. The zero-order valence-electron chi connectivity index (χ0n) is 28.4. The average Bonchev–Trinajstić information content (AvgIpc) is 3.14. The molecule has 4 aromatic rings. The van der Waals surface area contributed by atoms with Gasteiger partial charge in [-0.2, -0.15) is 0 Å². The molecule has 2 aliphatic heterocycles. The molecule has 19 nitrogen and oxygen atoms in total. The molecule has 2 saturated heterocycles. The van der Waals surface area contributed by atoms with E-state index in [1.165, 1.54) is 37.3 Å². The molecule has 0 saturated carbocycles. The zero-order valence-corrected chi connectivity index (χ0v) is 28.4. The van der Waals surface area contributed by atoms with E-state index in [1.54, 1.807) is 0 Å². The molecule has 0 amide bonds. The predicted molar refractivity (Wildman–Crippen MR) is 183 cm³/mol. The van der Waals surface area contributed by atoms with Crippen molar-refractivity contribution in [2.24, 2.45) is 0 Å². The highest BCUT2D eigenvalue weighted by atomic mass is 16.8. The van der Waals surface area contributed by atoms with Gasteiger partial charge in [0.2, 0.25) is 17.5 Å². The second-order valence-electron chi connectivity index (χ2n) is 12.8. The van der Waals surface area contributed by atoms with Crippen molar-refractivity contribution in [3.63, 3.8) is 0 Å². The summed E-state index contributed by atoms with van der Waals surface area (Å²) < 4.78 is 34.1. The van der Waals surface area contributed by atoms with Crippen LogP contribution in [0.15, 0.2) is 63.8 Å². The number of aliphatic hydroxyl groups is 5. The van der Waals surface area contributed by atoms with E-state index in [4.69, 9.17) is 28.1 Å². The van der Waals surface area contributed by atoms with E-state index in [-0.39, 0.29) is 16.9 Å². The van der Waals surface area contributed by atoms with Gasteiger partial charge in [0.15, 0.2) is 41.2 Å². The standard InChI is InChI=1S/C36H36O19/c1-13-26(44)30(48)34(55-35-31(49)29(47)27(45)23(53-35)12-50-24(43)7-3-14-2-5-17(38)19(40)8-14)36(51-13)54-33-28(46)25-21(42)10-16(37)11-22(25)52-32(33)15-4-6-18(39)20(41)9-15/h2-11,13,23,26-27,29-31,34-42,44-45,47-49H,12H2,1H3. The summed E-state index contributed by atoms with van der Waals surface area (Å²) in [6.07, 6.45) is -15.7. The SMILES string of the molecule is CC1OC(Oc2c(-c3ccc(O)c(O)c3)oc3cc(O)cc(O)c3c2=O)C(OC2OC(COC(=O)C=Cc3ccc(O)c(O)c3)C(O)C(O)C2O)C(O)C1O. The van der Waals surface area contributed by atoms with Crippen molar-refractivity contribution in [1.82, 2.24) is 0 Å². The summed E-state index contributed by atoms with van der Waals surface area (Å²) in [5, 5.41) is 113. The molecule has 11 N–H and O–H groups in total. The van der Waals surface area contributed by atoms with Crippen molar-refractivity contribution >= 4 is 23.0 Å². The molecule has 55 heavy (non-hydrogen) atoms. The zero-order chi connectivity index (χ0) is 39.9. The summed E-state index contributed by atoms with van der Waals surface area (Å²) in [5.41, 5.74) is -1.12. The van der Waals surface area contributed by atoms with Crippen molar-refractivity contribution in [2.45, 2.75) is 68.3 Å². The van der Waals surface area contributed by atoms with Crippen molar-refractivity contribution in [1.29, 1.82) is 0 Å². The van der Waals surface area contributed by atoms with E-state index in [0.29, 0.717) is 5.56 Å². The number of carbonyl (C=O) groups excluding carboxylic acids is 1. The summed E-state index contributed by atoms with van der Waals surface area (Å²) in [6, 6.07) is 8.93. The van der Waals surface area contributed by atoms with Gasteiger partial charge in [-0.25, -0.2) is 4.79 Å². The van der Waals surface area contributed by atoms with E-state index in [0.717, 1.165) is 30.3 Å². The van der Waals surface area contributed by atoms with Crippen LogP contribution in [0.1, 0.15) is 12.5 Å². The van der Waals surface area contributed by atoms with Gasteiger partial charge < -0.3 is 84.3 Å². The van der Waals surface area contributed by atoms with Gasteiger partial charge in [0, 0.05) is 23.8 Å². The van der Waals surface area contributed by atoms with Gasteiger partial charge in [0.1, 0.15) is 65.7 Å². The molecule has 19 heteroatoms. The number of rotatable bonds is 9. The Labute approximate surface area is 308 Å². The molecular formula is C36H36O19. The third-order valence-electron chi connectivity index (χ3n) is 8.93. The average molecular weight is 773 g/mol. The highest BCUT2D eigenvalue weighted by Crippen LogP contribution is 2.40. The Balaban J connectivity index is 1.28. The summed E-state index contributed by atoms with van der Waals surface area (Å²) in [6.45, 7) is 0.629. The molecular weight excluding hydrogens is 736 g/mol. The number of aromatic hydroxyl groups is 6. The molecule has 0 bridgehead atoms. The minimum atomic E-state index is -2.03. The van der Waals surface area contributed by atoms with Gasteiger partial charge in [-0.3, -0.25) is 4.79 Å². The van der Waals surface area contributed by atoms with Gasteiger partial charge >= 0.3 is 5.97 Å². The molecule has 6 rings (SSSR count). The third kappa shape index (κ3) is 7.95. The molecule has 0 aliphatic carbocycles. The number of phenolic OH excluding ortho intramolecular Hbond substituents is 6. The number of fused-ring (bicyclic) bond motifs is 1. The fourth-order valence-corrected chi connectivity index (χ4v) is 5.93. The molecule has 294 valence electrons. The quantitative estimate of drug-likeness (QED) is 0.0605. The van der Waals surface area contributed by atoms with Gasteiger partial charge in [-0.05, 0) is 48.9 Å². The lowest BCUT2D eigenvalue weighted by Gasteiger charge is -2.45. The summed E-state index contributed by atoms with van der Waals surface area (Å²) in [4.78, 5) is 26.3. The van der Waals surface area contributed by atoms with Gasteiger partial charge in [-0.1, -0.05) is 6.07 Å². The van der Waals surface area contributed by atoms with Crippen LogP contribution in [0, 0.1) is 0 Å². The van der Waals surface area contributed by atoms with Crippen LogP contribution in [0.5, 0.6) is 40.2 Å². The number of esters is 1. The maximum atomic E-state index is 13.9. The number of aliphatic hydroxyl groups excluding tert-OH is 5. The Morgan fingerprint density at radius 3 is 2.13 bits per heavy atom. The molecule has 2 aliphatic rings. The minimum Gasteiger partial charge on any atom is -0.508 e. The number of benzene rings is 3. The maximum Gasteiger partial charge on any atom is 0.330 e. The highest BCUT2D eigenvalue weighted by molar-refractivity contribution is 5.88. The van der Waals surface area contributed by atoms with Crippen LogP contribution < -0.4 is 10.2 Å². The van der Waals surface area contributed by atoms with Gasteiger partial charge in [0.05, 0.1) is 6.10 Å². The van der Waals surface area contributed by atoms with Crippen molar-refractivity contribution in [3.05, 3.63) is 70.4 Å². The molecule has 0 radical (unpaired) electrons. The Morgan fingerprint density at radius 2 is 1.44 bits per heavy atom. The Hall–Kier alpha value is -5.64. The molecule has 2 fully saturated rings. The van der Waals surface area contributed by atoms with Crippen LogP contribution in [0.2, 0.25) is 0 Å². The van der Waals surface area contributed by atoms with Gasteiger partial charge in [-0.15, -0.1) is 0 Å². The van der Waals surface area contributed by atoms with Crippen LogP contribution >= 0.6 is 0 Å². The first-order chi connectivity index (χ1) is 26.0. The molecule has 3 aromatic carbocycles.